The molecular formula is C10H13NO6S. The lowest BCUT2D eigenvalue weighted by Gasteiger charge is -2.06. The molecule has 1 aromatic carbocycles. The second kappa shape index (κ2) is 6.94. The Kier molecular flexibility index (Phi) is 5.56. The molecular weight excluding hydrogens is 262 g/mol. The van der Waals surface area contributed by atoms with E-state index in [9.17, 15) is 13.2 Å². The highest BCUT2D eigenvalue weighted by Gasteiger charge is 2.05. The van der Waals surface area contributed by atoms with Crippen LogP contribution < -0.4 is 5.32 Å². The molecule has 18 heavy (non-hydrogen) atoms. The number of alkyl carbamates (subject to hydrolysis) is 1. The largest absolute Gasteiger partial charge is 0.445 e. The summed E-state index contributed by atoms with van der Waals surface area (Å²) in [7, 11) is -4.47. The first-order valence-electron chi connectivity index (χ1n) is 5.04. The summed E-state index contributed by atoms with van der Waals surface area (Å²) in [6.45, 7) is -0.335. The minimum Gasteiger partial charge on any atom is -0.445 e. The molecule has 0 heterocycles. The summed E-state index contributed by atoms with van der Waals surface area (Å²) in [4.78, 5) is 11.1. The van der Waals surface area contributed by atoms with E-state index in [1.165, 1.54) is 0 Å². The average Bonchev–Trinajstić information content (AvgIpc) is 2.32. The van der Waals surface area contributed by atoms with E-state index in [1.54, 1.807) is 12.1 Å². The molecule has 0 atom stereocenters. The van der Waals surface area contributed by atoms with E-state index >= 15 is 0 Å². The SMILES string of the molecule is O=C(NCCOS(=O)(=O)O)OCc1ccccc1. The van der Waals surface area contributed by atoms with E-state index in [2.05, 4.69) is 9.50 Å². The van der Waals surface area contributed by atoms with Gasteiger partial charge < -0.3 is 10.1 Å². The predicted octanol–water partition coefficient (Wildman–Crippen LogP) is 0.732. The van der Waals surface area contributed by atoms with Crippen molar-refractivity contribution in [3.05, 3.63) is 35.9 Å². The zero-order valence-electron chi connectivity index (χ0n) is 9.40. The molecule has 0 unspecified atom stereocenters. The molecule has 7 nitrogen and oxygen atoms in total. The Bertz CT molecular complexity index is 472. The van der Waals surface area contributed by atoms with Crippen molar-refractivity contribution in [3.63, 3.8) is 0 Å². The van der Waals surface area contributed by atoms with Crippen LogP contribution >= 0.6 is 0 Å². The number of nitrogens with one attached hydrogen (secondary N) is 1. The van der Waals surface area contributed by atoms with Crippen molar-refractivity contribution in [2.24, 2.45) is 0 Å². The Morgan fingerprint density at radius 1 is 1.28 bits per heavy atom. The molecule has 0 saturated heterocycles. The summed E-state index contributed by atoms with van der Waals surface area (Å²) in [5.74, 6) is 0. The molecule has 1 aromatic rings. The van der Waals surface area contributed by atoms with Crippen LogP contribution in [0.15, 0.2) is 30.3 Å². The zero-order valence-corrected chi connectivity index (χ0v) is 10.2. The van der Waals surface area contributed by atoms with Gasteiger partial charge in [-0.05, 0) is 5.56 Å². The van der Waals surface area contributed by atoms with Crippen LogP contribution in [0.2, 0.25) is 0 Å². The van der Waals surface area contributed by atoms with Crippen LogP contribution in [0.5, 0.6) is 0 Å². The van der Waals surface area contributed by atoms with Crippen LogP contribution in [-0.4, -0.2) is 32.2 Å². The molecule has 1 rings (SSSR count). The Labute approximate surface area is 105 Å². The first kappa shape index (κ1) is 14.4. The van der Waals surface area contributed by atoms with Crippen molar-refractivity contribution in [3.8, 4) is 0 Å². The summed E-state index contributed by atoms with van der Waals surface area (Å²) in [5.41, 5.74) is 0.835. The fourth-order valence-electron chi connectivity index (χ4n) is 1.07. The second-order valence-electron chi connectivity index (χ2n) is 3.24. The van der Waals surface area contributed by atoms with Gasteiger partial charge in [-0.3, -0.25) is 4.55 Å². The van der Waals surface area contributed by atoms with Crippen LogP contribution in [0, 0.1) is 0 Å². The molecule has 0 aliphatic carbocycles. The number of hydrogen-bond acceptors (Lipinski definition) is 5. The third-order valence-electron chi connectivity index (χ3n) is 1.82. The van der Waals surface area contributed by atoms with Crippen molar-refractivity contribution in [1.29, 1.82) is 0 Å². The molecule has 0 spiro atoms. The zero-order chi connectivity index (χ0) is 13.4. The van der Waals surface area contributed by atoms with Crippen LogP contribution in [-0.2, 0) is 25.9 Å². The molecule has 2 N–H and O–H groups in total. The van der Waals surface area contributed by atoms with Gasteiger partial charge in [-0.25, -0.2) is 8.98 Å². The minimum absolute atomic E-state index is 0.0899. The highest BCUT2D eigenvalue weighted by Crippen LogP contribution is 2.00. The standard InChI is InChI=1S/C10H13NO6S/c12-10(11-6-7-17-18(13,14)15)16-8-9-4-2-1-3-5-9/h1-5H,6-8H2,(H,11,12)(H,13,14,15). The Balaban J connectivity index is 2.15. The van der Waals surface area contributed by atoms with Gasteiger partial charge >= 0.3 is 16.5 Å². The molecule has 0 bridgehead atoms. The van der Waals surface area contributed by atoms with Gasteiger partial charge in [-0.1, -0.05) is 30.3 Å². The van der Waals surface area contributed by atoms with Gasteiger partial charge in [0.1, 0.15) is 6.61 Å². The lowest BCUT2D eigenvalue weighted by atomic mass is 10.2. The van der Waals surface area contributed by atoms with E-state index in [0.717, 1.165) is 5.56 Å². The van der Waals surface area contributed by atoms with Gasteiger partial charge in [0.15, 0.2) is 0 Å². The maximum atomic E-state index is 11.1. The summed E-state index contributed by atoms with van der Waals surface area (Å²) < 4.78 is 37.4. The number of hydrogen-bond donors (Lipinski definition) is 2. The van der Waals surface area contributed by atoms with Crippen LogP contribution in [0.4, 0.5) is 4.79 Å². The van der Waals surface area contributed by atoms with Crippen molar-refractivity contribution in [2.45, 2.75) is 6.61 Å². The average molecular weight is 275 g/mol. The van der Waals surface area contributed by atoms with Crippen LogP contribution in [0.25, 0.3) is 0 Å². The fraction of sp³-hybridized carbons (Fsp3) is 0.300. The molecule has 8 heteroatoms. The normalized spacial score (nSPS) is 10.9. The van der Waals surface area contributed by atoms with Crippen molar-refractivity contribution >= 4 is 16.5 Å². The van der Waals surface area contributed by atoms with Gasteiger partial charge in [-0.2, -0.15) is 8.42 Å². The Morgan fingerprint density at radius 2 is 1.94 bits per heavy atom. The molecule has 1 amide bonds. The van der Waals surface area contributed by atoms with Gasteiger partial charge in [0, 0.05) is 6.54 Å². The first-order chi connectivity index (χ1) is 8.47. The van der Waals surface area contributed by atoms with Crippen molar-refractivity contribution < 1.29 is 26.7 Å². The van der Waals surface area contributed by atoms with E-state index < -0.39 is 16.5 Å². The maximum absolute atomic E-state index is 11.1. The van der Waals surface area contributed by atoms with E-state index in [-0.39, 0.29) is 19.8 Å². The summed E-state index contributed by atoms with van der Waals surface area (Å²) in [5, 5.41) is 2.26. The van der Waals surface area contributed by atoms with Gasteiger partial charge in [0.25, 0.3) is 0 Å². The number of amides is 1. The quantitative estimate of drug-likeness (QED) is 0.586. The molecule has 100 valence electrons. The number of ether oxygens (including phenoxy) is 1. The molecule has 0 aromatic heterocycles. The van der Waals surface area contributed by atoms with E-state index in [0.29, 0.717) is 0 Å². The topological polar surface area (TPSA) is 102 Å². The third-order valence-corrected chi connectivity index (χ3v) is 2.28. The third kappa shape index (κ3) is 6.84. The van der Waals surface area contributed by atoms with Crippen LogP contribution in [0.3, 0.4) is 0 Å². The lowest BCUT2D eigenvalue weighted by Crippen LogP contribution is -2.28. The Hall–Kier alpha value is -1.64. The molecule has 0 aliphatic heterocycles. The van der Waals surface area contributed by atoms with E-state index in [4.69, 9.17) is 9.29 Å². The smallest absolute Gasteiger partial charge is 0.407 e. The monoisotopic (exact) mass is 275 g/mol. The summed E-state index contributed by atoms with van der Waals surface area (Å²) in [6.07, 6.45) is -0.696. The number of rotatable bonds is 6. The highest BCUT2D eigenvalue weighted by molar-refractivity contribution is 7.80. The molecule has 0 saturated carbocycles. The maximum Gasteiger partial charge on any atom is 0.407 e. The second-order valence-corrected chi connectivity index (χ2v) is 4.33. The highest BCUT2D eigenvalue weighted by atomic mass is 32.3. The number of carbonyl (C=O) groups excluding carboxylic acids is 1. The molecule has 0 radical (unpaired) electrons. The predicted molar refractivity (Wildman–Crippen MR) is 62.1 cm³/mol. The lowest BCUT2D eigenvalue weighted by molar-refractivity contribution is 0.137. The molecule has 0 aliphatic rings. The first-order valence-corrected chi connectivity index (χ1v) is 6.40. The number of carbonyl (C=O) groups is 1. The summed E-state index contributed by atoms with van der Waals surface area (Å²) >= 11 is 0. The van der Waals surface area contributed by atoms with Gasteiger partial charge in [-0.15, -0.1) is 0 Å². The van der Waals surface area contributed by atoms with Crippen LogP contribution in [0.1, 0.15) is 5.56 Å². The van der Waals surface area contributed by atoms with Crippen molar-refractivity contribution in [1.82, 2.24) is 5.32 Å². The Morgan fingerprint density at radius 3 is 2.56 bits per heavy atom. The van der Waals surface area contributed by atoms with Gasteiger partial charge in [0.05, 0.1) is 6.61 Å². The molecule has 0 fully saturated rings. The van der Waals surface area contributed by atoms with Gasteiger partial charge in [0.2, 0.25) is 0 Å². The number of benzene rings is 1. The van der Waals surface area contributed by atoms with E-state index in [1.807, 2.05) is 18.2 Å². The fourth-order valence-corrected chi connectivity index (χ4v) is 1.37. The van der Waals surface area contributed by atoms with Crippen molar-refractivity contribution in [2.75, 3.05) is 13.2 Å². The summed E-state index contributed by atoms with van der Waals surface area (Å²) in [6, 6.07) is 9.08. The minimum atomic E-state index is -4.47.